The van der Waals surface area contributed by atoms with Crippen LogP contribution in [0.5, 0.6) is 5.75 Å². The topological polar surface area (TPSA) is 64.4 Å². The highest BCUT2D eigenvalue weighted by molar-refractivity contribution is 5.92. The quantitative estimate of drug-likeness (QED) is 0.786. The first-order valence-electron chi connectivity index (χ1n) is 7.46. The van der Waals surface area contributed by atoms with Crippen LogP contribution in [0.15, 0.2) is 40.8 Å². The van der Waals surface area contributed by atoms with Crippen LogP contribution >= 0.6 is 0 Å². The average molecular weight is 310 g/mol. The highest BCUT2D eigenvalue weighted by atomic mass is 16.5. The number of benzene rings is 2. The second-order valence-corrected chi connectivity index (χ2v) is 5.28. The van der Waals surface area contributed by atoms with E-state index in [1.54, 1.807) is 7.11 Å². The molecule has 0 radical (unpaired) electrons. The highest BCUT2D eigenvalue weighted by Gasteiger charge is 2.11. The van der Waals surface area contributed by atoms with Gasteiger partial charge in [-0.3, -0.25) is 4.79 Å². The number of rotatable bonds is 4. The zero-order chi connectivity index (χ0) is 16.4. The van der Waals surface area contributed by atoms with Crippen LogP contribution in [0, 0.1) is 6.92 Å². The molecule has 0 spiro atoms. The summed E-state index contributed by atoms with van der Waals surface area (Å²) in [6.45, 7) is 3.77. The summed E-state index contributed by atoms with van der Waals surface area (Å²) in [6, 6.07) is 11.2. The number of anilines is 1. The molecule has 0 aliphatic heterocycles. The zero-order valence-electron chi connectivity index (χ0n) is 13.3. The van der Waals surface area contributed by atoms with Gasteiger partial charge in [0, 0.05) is 23.7 Å². The third kappa shape index (κ3) is 3.04. The number of nitrogens with zero attached hydrogens (tertiary/aromatic N) is 1. The Bertz CT molecular complexity index is 868. The molecule has 118 valence electrons. The lowest BCUT2D eigenvalue weighted by molar-refractivity contribution is -0.115. The average Bonchev–Trinajstić information content (AvgIpc) is 2.99. The molecule has 23 heavy (non-hydrogen) atoms. The van der Waals surface area contributed by atoms with Crippen LogP contribution in [0.3, 0.4) is 0 Å². The smallest absolute Gasteiger partial charge is 0.227 e. The molecule has 0 saturated carbocycles. The van der Waals surface area contributed by atoms with Crippen LogP contribution in [0.25, 0.3) is 22.6 Å². The molecule has 1 amide bonds. The zero-order valence-corrected chi connectivity index (χ0v) is 13.3. The van der Waals surface area contributed by atoms with Crippen molar-refractivity contribution in [3.63, 3.8) is 0 Å². The Kier molecular flexibility index (Phi) is 4.02. The minimum Gasteiger partial charge on any atom is -0.497 e. The van der Waals surface area contributed by atoms with Gasteiger partial charge < -0.3 is 14.5 Å². The van der Waals surface area contributed by atoms with Gasteiger partial charge in [0.25, 0.3) is 0 Å². The van der Waals surface area contributed by atoms with Crippen LogP contribution < -0.4 is 10.1 Å². The van der Waals surface area contributed by atoms with Gasteiger partial charge in [-0.05, 0) is 36.8 Å². The number of aryl methyl sites for hydroxylation is 1. The second-order valence-electron chi connectivity index (χ2n) is 5.28. The van der Waals surface area contributed by atoms with Crippen molar-refractivity contribution in [2.45, 2.75) is 20.3 Å². The van der Waals surface area contributed by atoms with E-state index in [9.17, 15) is 4.79 Å². The number of ether oxygens (including phenoxy) is 1. The normalized spacial score (nSPS) is 10.7. The van der Waals surface area contributed by atoms with Crippen LogP contribution in [-0.2, 0) is 4.79 Å². The van der Waals surface area contributed by atoms with E-state index in [0.29, 0.717) is 17.9 Å². The van der Waals surface area contributed by atoms with E-state index in [4.69, 9.17) is 9.15 Å². The summed E-state index contributed by atoms with van der Waals surface area (Å²) in [4.78, 5) is 16.1. The van der Waals surface area contributed by atoms with E-state index in [1.165, 1.54) is 0 Å². The number of aromatic nitrogens is 1. The summed E-state index contributed by atoms with van der Waals surface area (Å²) in [6.07, 6.45) is 0.437. The molecule has 1 N–H and O–H groups in total. The fourth-order valence-corrected chi connectivity index (χ4v) is 2.29. The van der Waals surface area contributed by atoms with Crippen molar-refractivity contribution >= 4 is 22.7 Å². The van der Waals surface area contributed by atoms with Gasteiger partial charge in [-0.2, -0.15) is 0 Å². The standard InChI is InChI=1S/C18H18N2O3/c1-4-17(21)19-14-9-12(6-5-11(14)2)18-20-15-10-13(22-3)7-8-16(15)23-18/h5-10H,4H2,1-3H3,(H,19,21). The van der Waals surface area contributed by atoms with E-state index in [-0.39, 0.29) is 5.91 Å². The molecule has 0 unspecified atom stereocenters. The first kappa shape index (κ1) is 15.1. The molecule has 3 aromatic rings. The molecule has 0 atom stereocenters. The van der Waals surface area contributed by atoms with Gasteiger partial charge in [0.1, 0.15) is 11.3 Å². The number of fused-ring (bicyclic) bond motifs is 1. The minimum atomic E-state index is -0.0208. The Morgan fingerprint density at radius 3 is 2.83 bits per heavy atom. The minimum absolute atomic E-state index is 0.0208. The SMILES string of the molecule is CCC(=O)Nc1cc(-c2nc3cc(OC)ccc3o2)ccc1C. The summed E-state index contributed by atoms with van der Waals surface area (Å²) in [5.74, 6) is 1.23. The molecule has 0 aliphatic rings. The van der Waals surface area contributed by atoms with Gasteiger partial charge in [0.05, 0.1) is 7.11 Å². The Morgan fingerprint density at radius 2 is 2.09 bits per heavy atom. The van der Waals surface area contributed by atoms with Gasteiger partial charge in [-0.1, -0.05) is 13.0 Å². The molecule has 0 fully saturated rings. The first-order chi connectivity index (χ1) is 11.1. The summed E-state index contributed by atoms with van der Waals surface area (Å²) in [5, 5.41) is 2.89. The van der Waals surface area contributed by atoms with Crippen molar-refractivity contribution in [1.29, 1.82) is 0 Å². The third-order valence-corrected chi connectivity index (χ3v) is 3.67. The van der Waals surface area contributed by atoms with E-state index >= 15 is 0 Å². The number of oxazole rings is 1. The monoisotopic (exact) mass is 310 g/mol. The van der Waals surface area contributed by atoms with Gasteiger partial charge in [0.15, 0.2) is 5.58 Å². The van der Waals surface area contributed by atoms with Crippen LogP contribution in [0.4, 0.5) is 5.69 Å². The van der Waals surface area contributed by atoms with Crippen LogP contribution in [0.2, 0.25) is 0 Å². The molecule has 5 nitrogen and oxygen atoms in total. The lowest BCUT2D eigenvalue weighted by Gasteiger charge is -2.08. The van der Waals surface area contributed by atoms with E-state index in [0.717, 1.165) is 28.1 Å². The number of hydrogen-bond acceptors (Lipinski definition) is 4. The number of carbonyl (C=O) groups excluding carboxylic acids is 1. The molecule has 1 heterocycles. The maximum Gasteiger partial charge on any atom is 0.227 e. The van der Waals surface area contributed by atoms with Crippen LogP contribution in [0.1, 0.15) is 18.9 Å². The van der Waals surface area contributed by atoms with Gasteiger partial charge in [0.2, 0.25) is 11.8 Å². The maximum absolute atomic E-state index is 11.6. The number of hydrogen-bond donors (Lipinski definition) is 1. The highest BCUT2D eigenvalue weighted by Crippen LogP contribution is 2.29. The fourth-order valence-electron chi connectivity index (χ4n) is 2.29. The molecule has 3 rings (SSSR count). The van der Waals surface area contributed by atoms with Crippen molar-refractivity contribution in [3.05, 3.63) is 42.0 Å². The Labute approximate surface area is 134 Å². The molecular weight excluding hydrogens is 292 g/mol. The van der Waals surface area contributed by atoms with Gasteiger partial charge >= 0.3 is 0 Å². The second kappa shape index (κ2) is 6.12. The summed E-state index contributed by atoms with van der Waals surface area (Å²) in [5.41, 5.74) is 4.01. The van der Waals surface area contributed by atoms with Crippen molar-refractivity contribution in [2.75, 3.05) is 12.4 Å². The van der Waals surface area contributed by atoms with Crippen molar-refractivity contribution in [2.24, 2.45) is 0 Å². The fraction of sp³-hybridized carbons (Fsp3) is 0.222. The molecule has 2 aromatic carbocycles. The number of amides is 1. The Morgan fingerprint density at radius 1 is 1.26 bits per heavy atom. The largest absolute Gasteiger partial charge is 0.497 e. The summed E-state index contributed by atoms with van der Waals surface area (Å²) < 4.78 is 11.0. The number of methoxy groups -OCH3 is 1. The molecule has 0 bridgehead atoms. The van der Waals surface area contributed by atoms with Crippen molar-refractivity contribution in [3.8, 4) is 17.2 Å². The van der Waals surface area contributed by atoms with E-state index < -0.39 is 0 Å². The predicted molar refractivity (Wildman–Crippen MR) is 89.7 cm³/mol. The molecule has 5 heteroatoms. The predicted octanol–water partition coefficient (Wildman–Crippen LogP) is 4.16. The summed E-state index contributed by atoms with van der Waals surface area (Å²) in [7, 11) is 1.62. The summed E-state index contributed by atoms with van der Waals surface area (Å²) >= 11 is 0. The molecule has 0 aliphatic carbocycles. The van der Waals surface area contributed by atoms with Gasteiger partial charge in [-0.25, -0.2) is 4.98 Å². The molecular formula is C18H18N2O3. The van der Waals surface area contributed by atoms with Crippen molar-refractivity contribution < 1.29 is 13.9 Å². The van der Waals surface area contributed by atoms with Crippen LogP contribution in [-0.4, -0.2) is 18.0 Å². The first-order valence-corrected chi connectivity index (χ1v) is 7.46. The number of carbonyl (C=O) groups is 1. The lowest BCUT2D eigenvalue weighted by Crippen LogP contribution is -2.10. The van der Waals surface area contributed by atoms with E-state index in [2.05, 4.69) is 10.3 Å². The van der Waals surface area contributed by atoms with Crippen molar-refractivity contribution in [1.82, 2.24) is 4.98 Å². The molecule has 0 saturated heterocycles. The van der Waals surface area contributed by atoms with Gasteiger partial charge in [-0.15, -0.1) is 0 Å². The number of nitrogens with one attached hydrogen (secondary N) is 1. The lowest BCUT2D eigenvalue weighted by atomic mass is 10.1. The third-order valence-electron chi connectivity index (χ3n) is 3.67. The Hall–Kier alpha value is -2.82. The van der Waals surface area contributed by atoms with E-state index in [1.807, 2.05) is 50.2 Å². The Balaban J connectivity index is 2.01. The molecule has 1 aromatic heterocycles. The maximum atomic E-state index is 11.6.